The summed E-state index contributed by atoms with van der Waals surface area (Å²) in [5.74, 6) is -3.56. The summed E-state index contributed by atoms with van der Waals surface area (Å²) in [7, 11) is -3.94. The van der Waals surface area contributed by atoms with E-state index in [0.29, 0.717) is 12.8 Å². The fraction of sp³-hybridized carbons (Fsp3) is 0.600. The molecule has 1 heterocycles. The van der Waals surface area contributed by atoms with Gasteiger partial charge in [0, 0.05) is 18.0 Å². The maximum atomic E-state index is 14.3. The van der Waals surface area contributed by atoms with E-state index in [1.807, 2.05) is 0 Å². The number of carbonyl (C=O) groups is 6. The summed E-state index contributed by atoms with van der Waals surface area (Å²) in [6.07, 6.45) is -0.681. The van der Waals surface area contributed by atoms with Crippen molar-refractivity contribution < 1.29 is 51.4 Å². The molecule has 1 aromatic carbocycles. The van der Waals surface area contributed by atoms with Gasteiger partial charge in [-0.3, -0.25) is 24.4 Å². The van der Waals surface area contributed by atoms with E-state index in [1.54, 1.807) is 54.5 Å². The normalized spacial score (nSPS) is 23.4. The molecule has 0 bridgehead atoms. The Hall–Kier alpha value is -4.67. The van der Waals surface area contributed by atoms with Gasteiger partial charge in [-0.25, -0.2) is 22.8 Å². The number of amides is 5. The van der Waals surface area contributed by atoms with E-state index in [1.165, 1.54) is 29.2 Å². The topological polar surface area (TPSA) is 216 Å². The Morgan fingerprint density at radius 1 is 1.06 bits per heavy atom. The number of likely N-dealkylation sites (tertiary alicyclic amines) is 1. The van der Waals surface area contributed by atoms with Crippen LogP contribution in [0.3, 0.4) is 0 Å². The molecular weight excluding hydrogens is 698 g/mol. The number of sulfonamides is 1. The molecule has 4 N–H and O–H groups in total. The number of nitrogens with zero attached hydrogens (tertiary/aromatic N) is 1. The van der Waals surface area contributed by atoms with E-state index < -0.39 is 91.8 Å². The third kappa shape index (κ3) is 9.80. The van der Waals surface area contributed by atoms with Crippen molar-refractivity contribution >= 4 is 51.6 Å². The summed E-state index contributed by atoms with van der Waals surface area (Å²) >= 11 is 0. The molecule has 1 aliphatic heterocycles. The predicted octanol–water partition coefficient (Wildman–Crippen LogP) is 2.99. The molecule has 1 aromatic rings. The Bertz CT molecular complexity index is 1710. The van der Waals surface area contributed by atoms with Crippen LogP contribution in [0.4, 0.5) is 15.3 Å². The van der Waals surface area contributed by atoms with Gasteiger partial charge < -0.3 is 29.7 Å². The first-order valence-electron chi connectivity index (χ1n) is 17.2. The van der Waals surface area contributed by atoms with Gasteiger partial charge in [-0.1, -0.05) is 32.9 Å². The minimum Gasteiger partial charge on any atom is -0.462 e. The van der Waals surface area contributed by atoms with E-state index in [9.17, 15) is 37.2 Å². The number of benzene rings is 1. The maximum Gasteiger partial charge on any atom is 0.411 e. The molecule has 0 radical (unpaired) electrons. The summed E-state index contributed by atoms with van der Waals surface area (Å²) in [4.78, 5) is 81.0. The molecular formula is C35H49N5O11S. The second-order valence-electron chi connectivity index (χ2n) is 15.3. The van der Waals surface area contributed by atoms with Crippen LogP contribution in [0.15, 0.2) is 36.9 Å². The average molecular weight is 748 g/mol. The van der Waals surface area contributed by atoms with Crippen molar-refractivity contribution in [3.8, 4) is 0 Å². The molecule has 4 rings (SSSR count). The number of nitrogens with one attached hydrogen (secondary N) is 4. The first kappa shape index (κ1) is 40.1. The Kier molecular flexibility index (Phi) is 11.7. The van der Waals surface area contributed by atoms with Gasteiger partial charge in [-0.05, 0) is 70.6 Å². The van der Waals surface area contributed by atoms with Crippen molar-refractivity contribution in [2.45, 2.75) is 109 Å². The van der Waals surface area contributed by atoms with Crippen LogP contribution < -0.4 is 20.7 Å². The molecule has 286 valence electrons. The quantitative estimate of drug-likeness (QED) is 0.139. The van der Waals surface area contributed by atoms with Crippen molar-refractivity contribution in [3.05, 3.63) is 42.5 Å². The third-order valence-corrected chi connectivity index (χ3v) is 10.6. The number of carbonyl (C=O) groups excluding carboxylic acids is 6. The van der Waals surface area contributed by atoms with Crippen LogP contribution in [0, 0.1) is 11.3 Å². The zero-order valence-electron chi connectivity index (χ0n) is 30.6. The summed E-state index contributed by atoms with van der Waals surface area (Å²) < 4.78 is 43.4. The number of alkyl carbamates (subject to hydrolysis) is 1. The van der Waals surface area contributed by atoms with Crippen LogP contribution in [0.25, 0.3) is 0 Å². The number of ether oxygens (including phenoxy) is 3. The molecule has 2 saturated carbocycles. The smallest absolute Gasteiger partial charge is 0.411 e. The highest BCUT2D eigenvalue weighted by molar-refractivity contribution is 7.91. The highest BCUT2D eigenvalue weighted by atomic mass is 32.2. The number of rotatable bonds is 12. The molecule has 52 heavy (non-hydrogen) atoms. The van der Waals surface area contributed by atoms with Gasteiger partial charge in [0.1, 0.15) is 29.3 Å². The van der Waals surface area contributed by atoms with Gasteiger partial charge >= 0.3 is 18.2 Å². The fourth-order valence-corrected chi connectivity index (χ4v) is 7.23. The van der Waals surface area contributed by atoms with Crippen LogP contribution in [0.1, 0.15) is 84.5 Å². The first-order chi connectivity index (χ1) is 24.1. The van der Waals surface area contributed by atoms with E-state index in [0.717, 1.165) is 0 Å². The monoisotopic (exact) mass is 747 g/mol. The van der Waals surface area contributed by atoms with Crippen molar-refractivity contribution in [3.63, 3.8) is 0 Å². The standard InChI is InChI=1S/C35H49N5O11S/c1-9-21-18-35(21,30(44)39-52(47,48)24-14-15-24)38-27(41)25-17-23(50-31(45)36-22-13-11-12-20(16-22)29(43)49-10-2)19-40(25)28(42)26(33(3,4)5)37-32(46)51-34(6,7)8/h9,11-13,16,21,23-26H,1,10,14-15,17-19H2,2-8H3,(H,36,45)(H,37,46)(H,38,41)(H,39,44)/t21?,23-,25+,26-,35-/m1/s1. The van der Waals surface area contributed by atoms with Crippen LogP contribution in [0.2, 0.25) is 0 Å². The molecule has 1 unspecified atom stereocenters. The summed E-state index contributed by atoms with van der Waals surface area (Å²) in [6.45, 7) is 15.4. The van der Waals surface area contributed by atoms with E-state index in [-0.39, 0.29) is 37.2 Å². The lowest BCUT2D eigenvalue weighted by atomic mass is 9.85. The highest BCUT2D eigenvalue weighted by Crippen LogP contribution is 2.45. The van der Waals surface area contributed by atoms with E-state index in [2.05, 4.69) is 27.3 Å². The first-order valence-corrected chi connectivity index (χ1v) is 18.7. The van der Waals surface area contributed by atoms with Gasteiger partial charge in [0.05, 0.1) is 24.0 Å². The van der Waals surface area contributed by atoms with Gasteiger partial charge in [-0.15, -0.1) is 6.58 Å². The van der Waals surface area contributed by atoms with Gasteiger partial charge in [0.2, 0.25) is 21.8 Å². The molecule has 3 fully saturated rings. The van der Waals surface area contributed by atoms with E-state index in [4.69, 9.17) is 14.2 Å². The Labute approximate surface area is 303 Å². The summed E-state index contributed by atoms with van der Waals surface area (Å²) in [5, 5.41) is 7.14. The zero-order chi connectivity index (χ0) is 38.8. The predicted molar refractivity (Wildman–Crippen MR) is 188 cm³/mol. The lowest BCUT2D eigenvalue weighted by Crippen LogP contribution is -2.60. The molecule has 5 amide bonds. The average Bonchev–Trinajstić information content (AvgIpc) is 3.95. The number of anilines is 1. The van der Waals surface area contributed by atoms with Gasteiger partial charge in [0.15, 0.2) is 0 Å². The zero-order valence-corrected chi connectivity index (χ0v) is 31.4. The Morgan fingerprint density at radius 2 is 1.73 bits per heavy atom. The van der Waals surface area contributed by atoms with Crippen LogP contribution in [0.5, 0.6) is 0 Å². The Morgan fingerprint density at radius 3 is 2.29 bits per heavy atom. The fourth-order valence-electron chi connectivity index (χ4n) is 5.87. The largest absolute Gasteiger partial charge is 0.462 e. The molecule has 17 heteroatoms. The minimum atomic E-state index is -3.94. The third-order valence-electron chi connectivity index (χ3n) is 8.77. The molecule has 16 nitrogen and oxygen atoms in total. The van der Waals surface area contributed by atoms with Gasteiger partial charge in [0.25, 0.3) is 5.91 Å². The van der Waals surface area contributed by atoms with Crippen molar-refractivity contribution in [1.82, 2.24) is 20.3 Å². The van der Waals surface area contributed by atoms with Crippen molar-refractivity contribution in [2.24, 2.45) is 11.3 Å². The maximum absolute atomic E-state index is 14.3. The van der Waals surface area contributed by atoms with Crippen LogP contribution in [-0.2, 0) is 38.6 Å². The van der Waals surface area contributed by atoms with Crippen molar-refractivity contribution in [2.75, 3.05) is 18.5 Å². The second kappa shape index (κ2) is 15.1. The number of hydrogen-bond donors (Lipinski definition) is 4. The van der Waals surface area contributed by atoms with Crippen LogP contribution in [-0.4, -0.2) is 96.9 Å². The Balaban J connectivity index is 1.58. The van der Waals surface area contributed by atoms with Gasteiger partial charge in [-0.2, -0.15) is 0 Å². The second-order valence-corrected chi connectivity index (χ2v) is 17.3. The lowest BCUT2D eigenvalue weighted by molar-refractivity contribution is -0.143. The minimum absolute atomic E-state index is 0.0763. The summed E-state index contributed by atoms with van der Waals surface area (Å²) in [5.41, 5.74) is -2.97. The SMILES string of the molecule is C=CC1C[C@]1(NC(=O)[C@@H]1C[C@@H](OC(=O)Nc2cccc(C(=O)OCC)c2)CN1C(=O)[C@@H](NC(=O)OC(C)(C)C)C(C)(C)C)C(=O)NS(=O)(=O)C1CC1. The van der Waals surface area contributed by atoms with E-state index >= 15 is 0 Å². The lowest BCUT2D eigenvalue weighted by Gasteiger charge is -2.36. The highest BCUT2D eigenvalue weighted by Gasteiger charge is 2.62. The molecule has 5 atom stereocenters. The molecule has 3 aliphatic rings. The number of esters is 1. The summed E-state index contributed by atoms with van der Waals surface area (Å²) in [6, 6.07) is 3.47. The number of hydrogen-bond acceptors (Lipinski definition) is 11. The van der Waals surface area contributed by atoms with Crippen LogP contribution >= 0.6 is 0 Å². The molecule has 1 saturated heterocycles. The molecule has 0 spiro atoms. The molecule has 0 aromatic heterocycles. The molecule has 2 aliphatic carbocycles. The van der Waals surface area contributed by atoms with Crippen molar-refractivity contribution in [1.29, 1.82) is 0 Å².